The quantitative estimate of drug-likeness (QED) is 0.399. The van der Waals surface area contributed by atoms with E-state index in [0.717, 1.165) is 11.1 Å². The van der Waals surface area contributed by atoms with Crippen LogP contribution in [0.4, 0.5) is 10.5 Å². The molecule has 3 aromatic rings. The Morgan fingerprint density at radius 3 is 2.17 bits per heavy atom. The third kappa shape index (κ3) is 6.85. The van der Waals surface area contributed by atoms with Crippen molar-refractivity contribution in [3.05, 3.63) is 77.4 Å². The Bertz CT molecular complexity index is 1400. The molecule has 3 aromatic carbocycles. The van der Waals surface area contributed by atoms with E-state index in [2.05, 4.69) is 10.6 Å². The first-order valence-corrected chi connectivity index (χ1v) is 13.4. The molecule has 1 aliphatic rings. The monoisotopic (exact) mass is 576 g/mol. The van der Waals surface area contributed by atoms with Gasteiger partial charge in [0.05, 0.1) is 35.0 Å². The molecule has 0 aromatic heterocycles. The summed E-state index contributed by atoms with van der Waals surface area (Å²) in [7, 11) is 5.98. The van der Waals surface area contributed by atoms with Crippen LogP contribution in [0.5, 0.6) is 23.0 Å². The number of rotatable bonds is 9. The van der Waals surface area contributed by atoms with Crippen LogP contribution in [0, 0.1) is 6.92 Å². The van der Waals surface area contributed by atoms with Crippen molar-refractivity contribution in [1.29, 1.82) is 0 Å². The summed E-state index contributed by atoms with van der Waals surface area (Å²) in [5.74, 6) is 0.839. The lowest BCUT2D eigenvalue weighted by Crippen LogP contribution is -2.62. The Balaban J connectivity index is 1.58. The average molecular weight is 577 g/mol. The maximum atomic E-state index is 13.9. The van der Waals surface area contributed by atoms with Crippen molar-refractivity contribution in [1.82, 2.24) is 15.1 Å². The van der Waals surface area contributed by atoms with Crippen molar-refractivity contribution in [3.63, 3.8) is 0 Å². The van der Waals surface area contributed by atoms with Gasteiger partial charge in [-0.05, 0) is 48.9 Å². The number of carbonyl (C=O) groups is 3. The Labute approximate surface area is 245 Å². The summed E-state index contributed by atoms with van der Waals surface area (Å²) in [4.78, 5) is 43.7. The minimum atomic E-state index is -0.959. The average Bonchev–Trinajstić information content (AvgIpc) is 3.03. The normalized spacial score (nSPS) is 14.5. The predicted molar refractivity (Wildman–Crippen MR) is 158 cm³/mol. The van der Waals surface area contributed by atoms with Gasteiger partial charge in [0.15, 0.2) is 11.5 Å². The zero-order valence-electron chi connectivity index (χ0n) is 24.4. The van der Waals surface area contributed by atoms with Gasteiger partial charge in [0.2, 0.25) is 11.7 Å². The number of aryl methyl sites for hydroxylation is 1. The van der Waals surface area contributed by atoms with Crippen molar-refractivity contribution in [3.8, 4) is 23.0 Å². The molecule has 2 N–H and O–H groups in total. The van der Waals surface area contributed by atoms with Gasteiger partial charge in [-0.25, -0.2) is 4.79 Å². The molecule has 4 amide bonds. The van der Waals surface area contributed by atoms with E-state index in [1.165, 1.54) is 31.1 Å². The van der Waals surface area contributed by atoms with Gasteiger partial charge in [0, 0.05) is 30.9 Å². The van der Waals surface area contributed by atoms with Crippen LogP contribution in [0.3, 0.4) is 0 Å². The molecular formula is C31H36N4O7. The summed E-state index contributed by atoms with van der Waals surface area (Å²) >= 11 is 0. The lowest BCUT2D eigenvalue weighted by molar-refractivity contribution is -0.127. The highest BCUT2D eigenvalue weighted by Gasteiger charge is 2.38. The number of anilines is 1. The summed E-state index contributed by atoms with van der Waals surface area (Å²) < 4.78 is 21.5. The van der Waals surface area contributed by atoms with Crippen LogP contribution in [-0.4, -0.2) is 81.8 Å². The van der Waals surface area contributed by atoms with Crippen molar-refractivity contribution < 1.29 is 33.3 Å². The fraction of sp³-hybridized carbons (Fsp3) is 0.323. The largest absolute Gasteiger partial charge is 0.497 e. The molecule has 1 heterocycles. The first-order chi connectivity index (χ1) is 20.3. The van der Waals surface area contributed by atoms with Crippen LogP contribution in [0.15, 0.2) is 60.7 Å². The van der Waals surface area contributed by atoms with E-state index >= 15 is 0 Å². The van der Waals surface area contributed by atoms with Gasteiger partial charge >= 0.3 is 6.03 Å². The molecule has 0 spiro atoms. The number of amides is 4. The molecule has 0 saturated carbocycles. The standard InChI is InChI=1S/C31H36N4O7/c1-20-9-11-23(12-10-20)33-31(38)34-13-14-35(30(37)22-16-26(40-3)28(42-5)27(17-22)41-4)25(19-34)29(36)32-18-21-7-6-8-24(15-21)39-2/h6-12,15-17,25H,13-14,18-19H2,1-5H3,(H,32,36)(H,33,38). The second kappa shape index (κ2) is 13.6. The van der Waals surface area contributed by atoms with E-state index in [-0.39, 0.29) is 37.8 Å². The number of hydrogen-bond acceptors (Lipinski definition) is 7. The summed E-state index contributed by atoms with van der Waals surface area (Å²) in [6, 6.07) is 16.5. The lowest BCUT2D eigenvalue weighted by atomic mass is 10.1. The van der Waals surface area contributed by atoms with E-state index in [1.807, 2.05) is 55.5 Å². The zero-order valence-corrected chi connectivity index (χ0v) is 24.4. The van der Waals surface area contributed by atoms with E-state index < -0.39 is 17.9 Å². The first kappa shape index (κ1) is 30.0. The molecule has 1 fully saturated rings. The highest BCUT2D eigenvalue weighted by atomic mass is 16.5. The molecule has 0 bridgehead atoms. The maximum absolute atomic E-state index is 13.9. The number of benzene rings is 3. The van der Waals surface area contributed by atoms with Crippen LogP contribution in [0.1, 0.15) is 21.5 Å². The van der Waals surface area contributed by atoms with Gasteiger partial charge in [0.25, 0.3) is 5.91 Å². The Hall–Kier alpha value is -4.93. The van der Waals surface area contributed by atoms with Crippen LogP contribution in [0.25, 0.3) is 0 Å². The minimum Gasteiger partial charge on any atom is -0.497 e. The molecular weight excluding hydrogens is 540 g/mol. The van der Waals surface area contributed by atoms with Crippen molar-refractivity contribution >= 4 is 23.5 Å². The number of nitrogens with one attached hydrogen (secondary N) is 2. The fourth-order valence-corrected chi connectivity index (χ4v) is 4.73. The Morgan fingerprint density at radius 1 is 0.857 bits per heavy atom. The van der Waals surface area contributed by atoms with Crippen LogP contribution in [0.2, 0.25) is 0 Å². The zero-order chi connectivity index (χ0) is 30.2. The molecule has 1 unspecified atom stereocenters. The topological polar surface area (TPSA) is 119 Å². The van der Waals surface area contributed by atoms with Crippen molar-refractivity contribution in [2.24, 2.45) is 0 Å². The number of nitrogens with zero attached hydrogens (tertiary/aromatic N) is 2. The summed E-state index contributed by atoms with van der Waals surface area (Å²) in [5, 5.41) is 5.80. The number of methoxy groups -OCH3 is 4. The molecule has 1 saturated heterocycles. The molecule has 4 rings (SSSR count). The molecule has 42 heavy (non-hydrogen) atoms. The fourth-order valence-electron chi connectivity index (χ4n) is 4.73. The summed E-state index contributed by atoms with van der Waals surface area (Å²) in [6.45, 7) is 2.54. The SMILES string of the molecule is COc1cccc(CNC(=O)C2CN(C(=O)Nc3ccc(C)cc3)CCN2C(=O)c2cc(OC)c(OC)c(OC)c2)c1. The molecule has 222 valence electrons. The van der Waals surface area contributed by atoms with Gasteiger partial charge in [-0.15, -0.1) is 0 Å². The maximum Gasteiger partial charge on any atom is 0.321 e. The van der Waals surface area contributed by atoms with Crippen LogP contribution < -0.4 is 29.6 Å². The Morgan fingerprint density at radius 2 is 1.55 bits per heavy atom. The van der Waals surface area contributed by atoms with Crippen LogP contribution >= 0.6 is 0 Å². The Kier molecular flexibility index (Phi) is 9.74. The number of hydrogen-bond donors (Lipinski definition) is 2. The summed E-state index contributed by atoms with van der Waals surface area (Å²) in [6.07, 6.45) is 0. The second-order valence-corrected chi connectivity index (χ2v) is 9.74. The van der Waals surface area contributed by atoms with Gasteiger partial charge in [-0.3, -0.25) is 9.59 Å². The molecule has 1 atom stereocenters. The summed E-state index contributed by atoms with van der Waals surface area (Å²) in [5.41, 5.74) is 2.79. The lowest BCUT2D eigenvalue weighted by Gasteiger charge is -2.40. The smallest absolute Gasteiger partial charge is 0.321 e. The highest BCUT2D eigenvalue weighted by Crippen LogP contribution is 2.38. The van der Waals surface area contributed by atoms with Gasteiger partial charge < -0.3 is 39.4 Å². The van der Waals surface area contributed by atoms with Gasteiger partial charge in [-0.1, -0.05) is 29.8 Å². The predicted octanol–water partition coefficient (Wildman–Crippen LogP) is 3.70. The third-order valence-electron chi connectivity index (χ3n) is 7.05. The van der Waals surface area contributed by atoms with Crippen LogP contribution in [-0.2, 0) is 11.3 Å². The number of piperazine rings is 1. The third-order valence-corrected chi connectivity index (χ3v) is 7.05. The van der Waals surface area contributed by atoms with E-state index in [4.69, 9.17) is 18.9 Å². The van der Waals surface area contributed by atoms with Gasteiger partial charge in [0.1, 0.15) is 11.8 Å². The van der Waals surface area contributed by atoms with E-state index in [1.54, 1.807) is 19.2 Å². The first-order valence-electron chi connectivity index (χ1n) is 13.4. The van der Waals surface area contributed by atoms with Gasteiger partial charge in [-0.2, -0.15) is 0 Å². The van der Waals surface area contributed by atoms with Crippen molar-refractivity contribution in [2.45, 2.75) is 19.5 Å². The van der Waals surface area contributed by atoms with Crippen molar-refractivity contribution in [2.75, 3.05) is 53.4 Å². The van der Waals surface area contributed by atoms with E-state index in [9.17, 15) is 14.4 Å². The molecule has 1 aliphatic heterocycles. The molecule has 11 heteroatoms. The number of urea groups is 1. The molecule has 0 aliphatic carbocycles. The highest BCUT2D eigenvalue weighted by molar-refractivity contribution is 5.99. The number of ether oxygens (including phenoxy) is 4. The van der Waals surface area contributed by atoms with E-state index in [0.29, 0.717) is 28.7 Å². The molecule has 11 nitrogen and oxygen atoms in total. The molecule has 0 radical (unpaired) electrons. The number of carbonyl (C=O) groups excluding carboxylic acids is 3. The second-order valence-electron chi connectivity index (χ2n) is 9.74. The minimum absolute atomic E-state index is 0.00218.